The van der Waals surface area contributed by atoms with E-state index in [1.165, 1.54) is 0 Å². The molecular weight excluding hydrogens is 178 g/mol. The molecule has 0 heterocycles. The molecule has 0 aliphatic rings. The van der Waals surface area contributed by atoms with Gasteiger partial charge in [0.1, 0.15) is 17.6 Å². The maximum absolute atomic E-state index is 5.70. The summed E-state index contributed by atoms with van der Waals surface area (Å²) < 4.78 is 10.7. The minimum Gasteiger partial charge on any atom is -0.497 e. The van der Waals surface area contributed by atoms with Crippen molar-refractivity contribution in [1.82, 2.24) is 0 Å². The predicted octanol–water partition coefficient (Wildman–Crippen LogP) is 1.81. The first-order valence-electron chi connectivity index (χ1n) is 4.69. The lowest BCUT2D eigenvalue weighted by Crippen LogP contribution is -2.33. The molecule has 0 aliphatic carbocycles. The van der Waals surface area contributed by atoms with Gasteiger partial charge in [-0.25, -0.2) is 0 Å². The molecule has 3 nitrogen and oxygen atoms in total. The molecule has 1 aromatic carbocycles. The summed E-state index contributed by atoms with van der Waals surface area (Å²) in [7, 11) is 1.63. The van der Waals surface area contributed by atoms with E-state index in [4.69, 9.17) is 15.2 Å². The zero-order valence-electron chi connectivity index (χ0n) is 8.86. The van der Waals surface area contributed by atoms with Gasteiger partial charge in [0, 0.05) is 12.1 Å². The summed E-state index contributed by atoms with van der Waals surface area (Å²) in [5.74, 6) is 1.58. The van der Waals surface area contributed by atoms with Gasteiger partial charge in [-0.3, -0.25) is 0 Å². The lowest BCUT2D eigenvalue weighted by Gasteiger charge is -2.18. The number of benzene rings is 1. The van der Waals surface area contributed by atoms with Crippen molar-refractivity contribution in [3.05, 3.63) is 24.3 Å². The Morgan fingerprint density at radius 2 is 1.86 bits per heavy atom. The first kappa shape index (κ1) is 10.9. The van der Waals surface area contributed by atoms with Gasteiger partial charge < -0.3 is 15.2 Å². The van der Waals surface area contributed by atoms with Crippen molar-refractivity contribution >= 4 is 0 Å². The first-order chi connectivity index (χ1) is 6.63. The molecule has 0 aliphatic heterocycles. The van der Waals surface area contributed by atoms with Crippen LogP contribution < -0.4 is 15.2 Å². The number of ether oxygens (including phenoxy) is 2. The standard InChI is InChI=1S/C11H17NO2/c1-8(12)9(2)14-11-6-4-5-10(7-11)13-3/h4-9H,12H2,1-3H3. The third kappa shape index (κ3) is 2.92. The molecule has 1 rings (SSSR count). The highest BCUT2D eigenvalue weighted by Crippen LogP contribution is 2.20. The van der Waals surface area contributed by atoms with E-state index in [1.54, 1.807) is 7.11 Å². The summed E-state index contributed by atoms with van der Waals surface area (Å²) in [6.45, 7) is 3.87. The van der Waals surface area contributed by atoms with Gasteiger partial charge in [0.2, 0.25) is 0 Å². The average molecular weight is 195 g/mol. The highest BCUT2D eigenvalue weighted by molar-refractivity contribution is 5.32. The topological polar surface area (TPSA) is 44.5 Å². The zero-order chi connectivity index (χ0) is 10.6. The van der Waals surface area contributed by atoms with E-state index in [-0.39, 0.29) is 12.1 Å². The van der Waals surface area contributed by atoms with Gasteiger partial charge in [-0.1, -0.05) is 6.07 Å². The summed E-state index contributed by atoms with van der Waals surface area (Å²) in [6, 6.07) is 7.52. The van der Waals surface area contributed by atoms with Gasteiger partial charge in [0.15, 0.2) is 0 Å². The second kappa shape index (κ2) is 4.86. The minimum absolute atomic E-state index is 0.00195. The smallest absolute Gasteiger partial charge is 0.123 e. The Kier molecular flexibility index (Phi) is 3.77. The largest absolute Gasteiger partial charge is 0.497 e. The lowest BCUT2D eigenvalue weighted by atomic mass is 10.2. The van der Waals surface area contributed by atoms with Crippen LogP contribution in [0, 0.1) is 0 Å². The molecular formula is C11H17NO2. The number of rotatable bonds is 4. The van der Waals surface area contributed by atoms with Crippen molar-refractivity contribution in [3.8, 4) is 11.5 Å². The summed E-state index contributed by atoms with van der Waals surface area (Å²) in [5.41, 5.74) is 5.70. The van der Waals surface area contributed by atoms with Gasteiger partial charge in [0.25, 0.3) is 0 Å². The highest BCUT2D eigenvalue weighted by atomic mass is 16.5. The fraction of sp³-hybridized carbons (Fsp3) is 0.455. The maximum atomic E-state index is 5.70. The number of hydrogen-bond acceptors (Lipinski definition) is 3. The minimum atomic E-state index is 0.00195. The Morgan fingerprint density at radius 1 is 1.21 bits per heavy atom. The van der Waals surface area contributed by atoms with E-state index in [0.717, 1.165) is 11.5 Å². The van der Waals surface area contributed by atoms with Crippen molar-refractivity contribution in [2.24, 2.45) is 5.73 Å². The van der Waals surface area contributed by atoms with Gasteiger partial charge in [-0.05, 0) is 26.0 Å². The van der Waals surface area contributed by atoms with Gasteiger partial charge in [-0.15, -0.1) is 0 Å². The van der Waals surface area contributed by atoms with Crippen LogP contribution in [0.25, 0.3) is 0 Å². The quantitative estimate of drug-likeness (QED) is 0.796. The molecule has 0 saturated carbocycles. The fourth-order valence-corrected chi connectivity index (χ4v) is 0.996. The Bertz CT molecular complexity index is 286. The van der Waals surface area contributed by atoms with E-state index < -0.39 is 0 Å². The molecule has 14 heavy (non-hydrogen) atoms. The second-order valence-electron chi connectivity index (χ2n) is 3.36. The van der Waals surface area contributed by atoms with Gasteiger partial charge in [-0.2, -0.15) is 0 Å². The van der Waals surface area contributed by atoms with Crippen molar-refractivity contribution in [2.75, 3.05) is 7.11 Å². The first-order valence-corrected chi connectivity index (χ1v) is 4.69. The summed E-state index contributed by atoms with van der Waals surface area (Å²) in [4.78, 5) is 0. The molecule has 0 amide bonds. The Morgan fingerprint density at radius 3 is 2.43 bits per heavy atom. The normalized spacial score (nSPS) is 14.6. The predicted molar refractivity (Wildman–Crippen MR) is 56.7 cm³/mol. The average Bonchev–Trinajstić information content (AvgIpc) is 2.18. The molecule has 0 fully saturated rings. The molecule has 2 N–H and O–H groups in total. The third-order valence-corrected chi connectivity index (χ3v) is 2.10. The Hall–Kier alpha value is -1.22. The molecule has 1 aromatic rings. The molecule has 0 saturated heterocycles. The number of hydrogen-bond donors (Lipinski definition) is 1. The van der Waals surface area contributed by atoms with Crippen LogP contribution in [0.5, 0.6) is 11.5 Å². The number of nitrogens with two attached hydrogens (primary N) is 1. The van der Waals surface area contributed by atoms with E-state index in [0.29, 0.717) is 0 Å². The van der Waals surface area contributed by atoms with Crippen molar-refractivity contribution in [3.63, 3.8) is 0 Å². The SMILES string of the molecule is COc1cccc(OC(C)C(C)N)c1. The van der Waals surface area contributed by atoms with E-state index >= 15 is 0 Å². The molecule has 0 radical (unpaired) electrons. The highest BCUT2D eigenvalue weighted by Gasteiger charge is 2.08. The van der Waals surface area contributed by atoms with Crippen molar-refractivity contribution in [1.29, 1.82) is 0 Å². The van der Waals surface area contributed by atoms with Crippen molar-refractivity contribution < 1.29 is 9.47 Å². The lowest BCUT2D eigenvalue weighted by molar-refractivity contribution is 0.196. The molecule has 0 spiro atoms. The molecule has 2 unspecified atom stereocenters. The van der Waals surface area contributed by atoms with Crippen LogP contribution in [0.2, 0.25) is 0 Å². The van der Waals surface area contributed by atoms with Crippen LogP contribution in [0.15, 0.2) is 24.3 Å². The van der Waals surface area contributed by atoms with Crippen LogP contribution in [0.3, 0.4) is 0 Å². The van der Waals surface area contributed by atoms with Gasteiger partial charge in [0.05, 0.1) is 7.11 Å². The van der Waals surface area contributed by atoms with Crippen LogP contribution in [-0.2, 0) is 0 Å². The van der Waals surface area contributed by atoms with E-state index in [1.807, 2.05) is 38.1 Å². The summed E-state index contributed by atoms with van der Waals surface area (Å²) >= 11 is 0. The zero-order valence-corrected chi connectivity index (χ0v) is 8.86. The molecule has 78 valence electrons. The molecule has 3 heteroatoms. The molecule has 0 bridgehead atoms. The second-order valence-corrected chi connectivity index (χ2v) is 3.36. The van der Waals surface area contributed by atoms with E-state index in [2.05, 4.69) is 0 Å². The Labute approximate surface area is 84.8 Å². The number of methoxy groups -OCH3 is 1. The van der Waals surface area contributed by atoms with Crippen LogP contribution in [-0.4, -0.2) is 19.3 Å². The fourth-order valence-electron chi connectivity index (χ4n) is 0.996. The monoisotopic (exact) mass is 195 g/mol. The van der Waals surface area contributed by atoms with Crippen LogP contribution in [0.1, 0.15) is 13.8 Å². The Balaban J connectivity index is 2.66. The van der Waals surface area contributed by atoms with Crippen molar-refractivity contribution in [2.45, 2.75) is 26.0 Å². The summed E-state index contributed by atoms with van der Waals surface area (Å²) in [6.07, 6.45) is 0.00195. The molecule has 2 atom stereocenters. The van der Waals surface area contributed by atoms with E-state index in [9.17, 15) is 0 Å². The van der Waals surface area contributed by atoms with Crippen LogP contribution >= 0.6 is 0 Å². The third-order valence-electron chi connectivity index (χ3n) is 2.10. The maximum Gasteiger partial charge on any atom is 0.123 e. The van der Waals surface area contributed by atoms with Crippen LogP contribution in [0.4, 0.5) is 0 Å². The summed E-state index contributed by atoms with van der Waals surface area (Å²) in [5, 5.41) is 0. The molecule has 0 aromatic heterocycles. The van der Waals surface area contributed by atoms with Gasteiger partial charge >= 0.3 is 0 Å².